The van der Waals surface area contributed by atoms with Crippen molar-refractivity contribution in [2.24, 2.45) is 7.05 Å². The van der Waals surface area contributed by atoms with Crippen LogP contribution in [0.5, 0.6) is 5.75 Å². The molecule has 0 aliphatic rings. The topological polar surface area (TPSA) is 99.2 Å². The molecule has 0 amide bonds. The number of benzene rings is 1. The number of hydrogen-bond acceptors (Lipinski definition) is 5. The van der Waals surface area contributed by atoms with Crippen molar-refractivity contribution in [2.75, 3.05) is 17.6 Å². The molecule has 1 aromatic carbocycles. The summed E-state index contributed by atoms with van der Waals surface area (Å²) < 4.78 is 33.2. The highest BCUT2D eigenvalue weighted by atomic mass is 32.2. The molecule has 0 spiro atoms. The molecule has 0 aliphatic carbocycles. The van der Waals surface area contributed by atoms with Gasteiger partial charge in [-0.1, -0.05) is 0 Å². The first-order valence-electron chi connectivity index (χ1n) is 5.37. The van der Waals surface area contributed by atoms with Crippen LogP contribution in [-0.4, -0.2) is 25.3 Å². The minimum atomic E-state index is -3.71. The van der Waals surface area contributed by atoms with Gasteiger partial charge >= 0.3 is 0 Å². The standard InChI is InChI=1S/C11H14N4O3S/c1-15-7-9(6-13-15)19(16,17)14-10-5-8(12)3-4-11(10)18-2/h3-7,14H,12H2,1-2H3. The average Bonchev–Trinajstić information content (AvgIpc) is 2.76. The molecule has 0 aliphatic heterocycles. The first-order chi connectivity index (χ1) is 8.92. The molecular weight excluding hydrogens is 268 g/mol. The number of anilines is 2. The smallest absolute Gasteiger partial charge is 0.265 e. The monoisotopic (exact) mass is 282 g/mol. The van der Waals surface area contributed by atoms with E-state index in [9.17, 15) is 8.42 Å². The number of sulfonamides is 1. The lowest BCUT2D eigenvalue weighted by molar-refractivity contribution is 0.417. The molecule has 0 saturated heterocycles. The molecule has 102 valence electrons. The number of aryl methyl sites for hydroxylation is 1. The molecule has 8 heteroatoms. The summed E-state index contributed by atoms with van der Waals surface area (Å²) in [4.78, 5) is 0.0690. The summed E-state index contributed by atoms with van der Waals surface area (Å²) >= 11 is 0. The Labute approximate surface area is 111 Å². The van der Waals surface area contributed by atoms with E-state index in [4.69, 9.17) is 10.5 Å². The zero-order valence-electron chi connectivity index (χ0n) is 10.5. The van der Waals surface area contributed by atoms with Gasteiger partial charge in [-0.05, 0) is 18.2 Å². The summed E-state index contributed by atoms with van der Waals surface area (Å²) in [7, 11) is -0.620. The first kappa shape index (κ1) is 13.2. The van der Waals surface area contributed by atoms with Gasteiger partial charge in [0.15, 0.2) is 0 Å². The second-order valence-electron chi connectivity index (χ2n) is 3.91. The van der Waals surface area contributed by atoms with Crippen molar-refractivity contribution in [1.82, 2.24) is 9.78 Å². The zero-order chi connectivity index (χ0) is 14.0. The predicted molar refractivity (Wildman–Crippen MR) is 71.4 cm³/mol. The van der Waals surface area contributed by atoms with Gasteiger partial charge in [-0.3, -0.25) is 9.40 Å². The van der Waals surface area contributed by atoms with Gasteiger partial charge in [0.25, 0.3) is 10.0 Å². The molecule has 3 N–H and O–H groups in total. The molecule has 2 aromatic rings. The zero-order valence-corrected chi connectivity index (χ0v) is 11.3. The Kier molecular flexibility index (Phi) is 3.34. The van der Waals surface area contributed by atoms with Gasteiger partial charge in [-0.2, -0.15) is 5.10 Å². The molecule has 1 heterocycles. The highest BCUT2D eigenvalue weighted by Crippen LogP contribution is 2.28. The molecule has 0 atom stereocenters. The summed E-state index contributed by atoms with van der Waals surface area (Å²) in [6.07, 6.45) is 2.67. The number of ether oxygens (including phenoxy) is 1. The molecule has 7 nitrogen and oxygen atoms in total. The van der Waals surface area contributed by atoms with Gasteiger partial charge in [0, 0.05) is 18.9 Å². The van der Waals surface area contributed by atoms with Crippen LogP contribution in [0.15, 0.2) is 35.5 Å². The lowest BCUT2D eigenvalue weighted by Gasteiger charge is -2.11. The van der Waals surface area contributed by atoms with Crippen molar-refractivity contribution in [3.8, 4) is 5.75 Å². The van der Waals surface area contributed by atoms with Gasteiger partial charge in [-0.15, -0.1) is 0 Å². The molecule has 1 aromatic heterocycles. The maximum Gasteiger partial charge on any atom is 0.265 e. The number of hydrogen-bond donors (Lipinski definition) is 2. The Bertz CT molecular complexity index is 694. The lowest BCUT2D eigenvalue weighted by atomic mass is 10.2. The Morgan fingerprint density at radius 3 is 2.74 bits per heavy atom. The SMILES string of the molecule is COc1ccc(N)cc1NS(=O)(=O)c1cnn(C)c1. The number of nitrogens with zero attached hydrogens (tertiary/aromatic N) is 2. The van der Waals surface area contributed by atoms with Gasteiger partial charge in [0.05, 0.1) is 19.0 Å². The van der Waals surface area contributed by atoms with E-state index in [-0.39, 0.29) is 10.6 Å². The third kappa shape index (κ3) is 2.79. The highest BCUT2D eigenvalue weighted by molar-refractivity contribution is 7.92. The third-order valence-electron chi connectivity index (χ3n) is 2.46. The summed E-state index contributed by atoms with van der Waals surface area (Å²) in [6, 6.07) is 4.71. The number of nitrogens with two attached hydrogens (primary N) is 1. The Morgan fingerprint density at radius 2 is 2.16 bits per heavy atom. The van der Waals surface area contributed by atoms with E-state index in [1.165, 1.54) is 30.3 Å². The fourth-order valence-electron chi connectivity index (χ4n) is 1.55. The van der Waals surface area contributed by atoms with E-state index >= 15 is 0 Å². The molecular formula is C11H14N4O3S. The van der Waals surface area contributed by atoms with Crippen LogP contribution in [0.4, 0.5) is 11.4 Å². The predicted octanol–water partition coefficient (Wildman–Crippen LogP) is 0.812. The van der Waals surface area contributed by atoms with Gasteiger partial charge in [0.1, 0.15) is 10.6 Å². The Hall–Kier alpha value is -2.22. The fourth-order valence-corrected chi connectivity index (χ4v) is 2.59. The second-order valence-corrected chi connectivity index (χ2v) is 5.60. The number of nitrogen functional groups attached to an aromatic ring is 1. The molecule has 0 radical (unpaired) electrons. The maximum absolute atomic E-state index is 12.1. The minimum Gasteiger partial charge on any atom is -0.495 e. The highest BCUT2D eigenvalue weighted by Gasteiger charge is 2.18. The average molecular weight is 282 g/mol. The molecule has 0 bridgehead atoms. The van der Waals surface area contributed by atoms with Crippen molar-refractivity contribution < 1.29 is 13.2 Å². The maximum atomic E-state index is 12.1. The molecule has 19 heavy (non-hydrogen) atoms. The second kappa shape index (κ2) is 4.81. The summed E-state index contributed by atoms with van der Waals surface area (Å²) in [5.74, 6) is 0.390. The third-order valence-corrected chi connectivity index (χ3v) is 3.78. The van der Waals surface area contributed by atoms with Crippen molar-refractivity contribution >= 4 is 21.4 Å². The van der Waals surface area contributed by atoms with E-state index in [2.05, 4.69) is 9.82 Å². The van der Waals surface area contributed by atoms with Crippen molar-refractivity contribution in [2.45, 2.75) is 4.90 Å². The van der Waals surface area contributed by atoms with Crippen LogP contribution >= 0.6 is 0 Å². The number of methoxy groups -OCH3 is 1. The van der Waals surface area contributed by atoms with E-state index < -0.39 is 10.0 Å². The normalized spacial score (nSPS) is 11.3. The number of nitrogens with one attached hydrogen (secondary N) is 1. The van der Waals surface area contributed by atoms with E-state index in [1.807, 2.05) is 0 Å². The van der Waals surface area contributed by atoms with E-state index in [1.54, 1.807) is 19.2 Å². The fraction of sp³-hybridized carbons (Fsp3) is 0.182. The Balaban J connectivity index is 2.38. The van der Waals surface area contributed by atoms with Crippen LogP contribution in [0.1, 0.15) is 0 Å². The van der Waals surface area contributed by atoms with Crippen molar-refractivity contribution in [1.29, 1.82) is 0 Å². The summed E-state index contributed by atoms with van der Waals surface area (Å²) in [5, 5.41) is 3.83. The van der Waals surface area contributed by atoms with Gasteiger partial charge in [0.2, 0.25) is 0 Å². The first-order valence-corrected chi connectivity index (χ1v) is 6.85. The quantitative estimate of drug-likeness (QED) is 0.808. The molecule has 0 saturated carbocycles. The van der Waals surface area contributed by atoms with Crippen LogP contribution in [0, 0.1) is 0 Å². The minimum absolute atomic E-state index is 0.0690. The van der Waals surface area contributed by atoms with E-state index in [0.717, 1.165) is 0 Å². The Morgan fingerprint density at radius 1 is 1.42 bits per heavy atom. The number of aromatic nitrogens is 2. The van der Waals surface area contributed by atoms with Gasteiger partial charge in [-0.25, -0.2) is 8.42 Å². The van der Waals surface area contributed by atoms with Crippen LogP contribution in [0.2, 0.25) is 0 Å². The molecule has 0 fully saturated rings. The van der Waals surface area contributed by atoms with E-state index in [0.29, 0.717) is 11.4 Å². The molecule has 2 rings (SSSR count). The summed E-state index contributed by atoms with van der Waals surface area (Å²) in [5.41, 5.74) is 6.36. The van der Waals surface area contributed by atoms with Crippen LogP contribution in [0.25, 0.3) is 0 Å². The van der Waals surface area contributed by atoms with Crippen LogP contribution in [0.3, 0.4) is 0 Å². The number of rotatable bonds is 4. The lowest BCUT2D eigenvalue weighted by Crippen LogP contribution is -2.13. The summed E-state index contributed by atoms with van der Waals surface area (Å²) in [6.45, 7) is 0. The van der Waals surface area contributed by atoms with Crippen LogP contribution in [-0.2, 0) is 17.1 Å². The van der Waals surface area contributed by atoms with Crippen molar-refractivity contribution in [3.63, 3.8) is 0 Å². The largest absolute Gasteiger partial charge is 0.495 e. The molecule has 0 unspecified atom stereocenters. The van der Waals surface area contributed by atoms with Crippen molar-refractivity contribution in [3.05, 3.63) is 30.6 Å². The van der Waals surface area contributed by atoms with Crippen LogP contribution < -0.4 is 15.2 Å². The van der Waals surface area contributed by atoms with Gasteiger partial charge < -0.3 is 10.5 Å².